The Hall–Kier alpha value is -1.49. The van der Waals surface area contributed by atoms with Crippen LogP contribution in [0.1, 0.15) is 17.2 Å². The molecule has 0 aliphatic carbocycles. The fraction of sp³-hybridized carbons (Fsp3) is 0.214. The molecule has 5 heteroatoms. The number of nitrogens with zero attached hydrogens (tertiary/aromatic N) is 1. The standard InChI is InChI=1S/C14H14ClFN2O/c15-12-3-4-13(16)11(6-12)8-18-9-14(19)10-2-1-5-17-7-10/h1-7,14,18-19H,8-9H2/t14-/m1/s1. The normalized spacial score (nSPS) is 12.4. The number of halogens is 2. The van der Waals surface area contributed by atoms with Crippen molar-refractivity contribution in [3.8, 4) is 0 Å². The molecule has 1 heterocycles. The molecule has 2 N–H and O–H groups in total. The van der Waals surface area contributed by atoms with Gasteiger partial charge in [0.15, 0.2) is 0 Å². The summed E-state index contributed by atoms with van der Waals surface area (Å²) in [6.45, 7) is 0.626. The molecule has 1 aromatic heterocycles. The zero-order valence-electron chi connectivity index (χ0n) is 10.2. The van der Waals surface area contributed by atoms with Crippen LogP contribution >= 0.6 is 11.6 Å². The first-order valence-electron chi connectivity index (χ1n) is 5.89. The molecule has 0 unspecified atom stereocenters. The molecule has 0 aliphatic rings. The first kappa shape index (κ1) is 13.9. The maximum Gasteiger partial charge on any atom is 0.127 e. The van der Waals surface area contributed by atoms with Crippen LogP contribution in [0.2, 0.25) is 5.02 Å². The summed E-state index contributed by atoms with van der Waals surface area (Å²) in [5.74, 6) is -0.312. The van der Waals surface area contributed by atoms with Crippen LogP contribution < -0.4 is 5.32 Å². The van der Waals surface area contributed by atoms with Gasteiger partial charge >= 0.3 is 0 Å². The first-order valence-corrected chi connectivity index (χ1v) is 6.27. The Balaban J connectivity index is 1.88. The van der Waals surface area contributed by atoms with E-state index in [4.69, 9.17) is 11.6 Å². The number of pyridine rings is 1. The smallest absolute Gasteiger partial charge is 0.127 e. The molecule has 0 amide bonds. The molecule has 0 saturated heterocycles. The molecule has 3 nitrogen and oxygen atoms in total. The molecule has 0 saturated carbocycles. The van der Waals surface area contributed by atoms with Crippen LogP contribution in [0.4, 0.5) is 4.39 Å². The highest BCUT2D eigenvalue weighted by molar-refractivity contribution is 6.30. The second-order valence-electron chi connectivity index (χ2n) is 4.17. The number of aliphatic hydroxyl groups is 1. The predicted octanol–water partition coefficient (Wildman–Crippen LogP) is 2.70. The molecule has 0 spiro atoms. The summed E-state index contributed by atoms with van der Waals surface area (Å²) in [4.78, 5) is 3.93. The van der Waals surface area contributed by atoms with Crippen LogP contribution in [0.3, 0.4) is 0 Å². The molecule has 2 rings (SSSR count). The quantitative estimate of drug-likeness (QED) is 0.885. The Labute approximate surface area is 116 Å². The van der Waals surface area contributed by atoms with E-state index in [0.29, 0.717) is 23.7 Å². The summed E-state index contributed by atoms with van der Waals surface area (Å²) in [6, 6.07) is 7.95. The monoisotopic (exact) mass is 280 g/mol. The Bertz CT molecular complexity index is 536. The van der Waals surface area contributed by atoms with Crippen molar-refractivity contribution in [3.05, 3.63) is 64.7 Å². The van der Waals surface area contributed by atoms with Gasteiger partial charge in [0.2, 0.25) is 0 Å². The fourth-order valence-electron chi connectivity index (χ4n) is 1.71. The topological polar surface area (TPSA) is 45.1 Å². The molecule has 1 aromatic carbocycles. The second-order valence-corrected chi connectivity index (χ2v) is 4.61. The van der Waals surface area contributed by atoms with Crippen LogP contribution in [0.25, 0.3) is 0 Å². The summed E-state index contributed by atoms with van der Waals surface area (Å²) in [5, 5.41) is 13.4. The molecule has 19 heavy (non-hydrogen) atoms. The number of rotatable bonds is 5. The summed E-state index contributed by atoms with van der Waals surface area (Å²) >= 11 is 5.80. The lowest BCUT2D eigenvalue weighted by Crippen LogP contribution is -2.21. The van der Waals surface area contributed by atoms with E-state index in [0.717, 1.165) is 5.56 Å². The average molecular weight is 281 g/mol. The minimum absolute atomic E-state index is 0.309. The van der Waals surface area contributed by atoms with Gasteiger partial charge in [-0.1, -0.05) is 17.7 Å². The lowest BCUT2D eigenvalue weighted by molar-refractivity contribution is 0.174. The summed E-state index contributed by atoms with van der Waals surface area (Å²) in [7, 11) is 0. The summed E-state index contributed by atoms with van der Waals surface area (Å²) in [6.07, 6.45) is 2.58. The van der Waals surface area contributed by atoms with Crippen molar-refractivity contribution in [2.75, 3.05) is 6.54 Å². The van der Waals surface area contributed by atoms with E-state index in [9.17, 15) is 9.50 Å². The molecule has 2 aromatic rings. The number of aliphatic hydroxyl groups excluding tert-OH is 1. The number of nitrogens with one attached hydrogen (secondary N) is 1. The lowest BCUT2D eigenvalue weighted by Gasteiger charge is -2.12. The maximum absolute atomic E-state index is 13.4. The molecule has 1 atom stereocenters. The van der Waals surface area contributed by atoms with Gasteiger partial charge in [-0.2, -0.15) is 0 Å². The van der Waals surface area contributed by atoms with E-state index in [-0.39, 0.29) is 5.82 Å². The van der Waals surface area contributed by atoms with Crippen molar-refractivity contribution in [2.24, 2.45) is 0 Å². The molecular formula is C14H14ClFN2O. The lowest BCUT2D eigenvalue weighted by atomic mass is 10.1. The van der Waals surface area contributed by atoms with E-state index in [1.807, 2.05) is 0 Å². The fourth-order valence-corrected chi connectivity index (χ4v) is 1.91. The minimum Gasteiger partial charge on any atom is -0.387 e. The van der Waals surface area contributed by atoms with Crippen molar-refractivity contribution in [3.63, 3.8) is 0 Å². The number of benzene rings is 1. The van der Waals surface area contributed by atoms with Crippen molar-refractivity contribution in [2.45, 2.75) is 12.6 Å². The largest absolute Gasteiger partial charge is 0.387 e. The third kappa shape index (κ3) is 3.99. The maximum atomic E-state index is 13.4. The Morgan fingerprint density at radius 2 is 2.21 bits per heavy atom. The van der Waals surface area contributed by atoms with Gasteiger partial charge in [0, 0.05) is 41.6 Å². The molecule has 100 valence electrons. The van der Waals surface area contributed by atoms with Crippen LogP contribution in [-0.4, -0.2) is 16.6 Å². The van der Waals surface area contributed by atoms with Gasteiger partial charge in [0.25, 0.3) is 0 Å². The Kier molecular flexibility index (Phi) is 4.85. The highest BCUT2D eigenvalue weighted by Gasteiger charge is 2.08. The third-order valence-corrected chi connectivity index (χ3v) is 2.97. The van der Waals surface area contributed by atoms with E-state index in [1.165, 1.54) is 12.1 Å². The SMILES string of the molecule is O[C@H](CNCc1cc(Cl)ccc1F)c1cccnc1. The number of hydrogen-bond acceptors (Lipinski definition) is 3. The van der Waals surface area contributed by atoms with E-state index in [1.54, 1.807) is 30.6 Å². The van der Waals surface area contributed by atoms with Crippen LogP contribution in [0.15, 0.2) is 42.7 Å². The van der Waals surface area contributed by atoms with Gasteiger partial charge in [0.1, 0.15) is 5.82 Å². The van der Waals surface area contributed by atoms with E-state index < -0.39 is 6.10 Å². The van der Waals surface area contributed by atoms with E-state index in [2.05, 4.69) is 10.3 Å². The highest BCUT2D eigenvalue weighted by Crippen LogP contribution is 2.15. The van der Waals surface area contributed by atoms with Gasteiger partial charge in [0.05, 0.1) is 6.10 Å². The molecule has 0 fully saturated rings. The van der Waals surface area contributed by atoms with Crippen LogP contribution in [-0.2, 0) is 6.54 Å². The van der Waals surface area contributed by atoms with Gasteiger partial charge < -0.3 is 10.4 Å². The third-order valence-electron chi connectivity index (χ3n) is 2.73. The van der Waals surface area contributed by atoms with Gasteiger partial charge in [-0.25, -0.2) is 4.39 Å². The van der Waals surface area contributed by atoms with Crippen LogP contribution in [0, 0.1) is 5.82 Å². The van der Waals surface area contributed by atoms with Crippen molar-refractivity contribution >= 4 is 11.6 Å². The van der Waals surface area contributed by atoms with Gasteiger partial charge in [-0.05, 0) is 24.3 Å². The zero-order valence-corrected chi connectivity index (χ0v) is 10.9. The summed E-state index contributed by atoms with van der Waals surface area (Å²) in [5.41, 5.74) is 1.20. The van der Waals surface area contributed by atoms with Crippen molar-refractivity contribution in [1.29, 1.82) is 0 Å². The minimum atomic E-state index is -0.670. The molecule has 0 bridgehead atoms. The van der Waals surface area contributed by atoms with Crippen molar-refractivity contribution in [1.82, 2.24) is 10.3 Å². The molecule has 0 aliphatic heterocycles. The number of hydrogen-bond donors (Lipinski definition) is 2. The van der Waals surface area contributed by atoms with Crippen LogP contribution in [0.5, 0.6) is 0 Å². The highest BCUT2D eigenvalue weighted by atomic mass is 35.5. The van der Waals surface area contributed by atoms with Crippen molar-refractivity contribution < 1.29 is 9.50 Å². The zero-order chi connectivity index (χ0) is 13.7. The van der Waals surface area contributed by atoms with E-state index >= 15 is 0 Å². The average Bonchev–Trinajstić information content (AvgIpc) is 2.43. The second kappa shape index (κ2) is 6.61. The molecule has 0 radical (unpaired) electrons. The predicted molar refractivity (Wildman–Crippen MR) is 72.3 cm³/mol. The Morgan fingerprint density at radius 1 is 1.37 bits per heavy atom. The molecular weight excluding hydrogens is 267 g/mol. The van der Waals surface area contributed by atoms with Gasteiger partial charge in [-0.15, -0.1) is 0 Å². The Morgan fingerprint density at radius 3 is 2.95 bits per heavy atom. The summed E-state index contributed by atoms with van der Waals surface area (Å²) < 4.78 is 13.4. The van der Waals surface area contributed by atoms with Gasteiger partial charge in [-0.3, -0.25) is 4.98 Å². The number of aromatic nitrogens is 1. The first-order chi connectivity index (χ1) is 9.16.